The van der Waals surface area contributed by atoms with Crippen molar-refractivity contribution in [3.63, 3.8) is 0 Å². The Morgan fingerprint density at radius 2 is 1.60 bits per heavy atom. The second-order valence-electron chi connectivity index (χ2n) is 3.22. The maximum atomic E-state index is 11.4. The Balaban J connectivity index is 4.52. The first kappa shape index (κ1) is 15.1. The molecule has 0 aromatic carbocycles. The van der Waals surface area contributed by atoms with Gasteiger partial charge in [-0.1, -0.05) is 0 Å². The van der Waals surface area contributed by atoms with Gasteiger partial charge in [0, 0.05) is 5.88 Å². The Hall–Kier alpha value is 0.0800. The summed E-state index contributed by atoms with van der Waals surface area (Å²) in [5.74, 6) is -0.0104. The predicted octanol–water partition coefficient (Wildman–Crippen LogP) is -1.75. The van der Waals surface area contributed by atoms with E-state index in [9.17, 15) is 8.42 Å². The number of nitrogens with one attached hydrogen (secondary N) is 1. The Labute approximate surface area is 93.9 Å². The topological polar surface area (TPSA) is 107 Å². The molecule has 0 amide bonds. The average Bonchev–Trinajstić information content (AvgIpc) is 2.23. The molecule has 6 nitrogen and oxygen atoms in total. The van der Waals surface area contributed by atoms with Gasteiger partial charge in [-0.2, -0.15) is 0 Å². The van der Waals surface area contributed by atoms with Gasteiger partial charge in [0.25, 0.3) is 0 Å². The number of aliphatic hydroxyl groups is 3. The zero-order valence-corrected chi connectivity index (χ0v) is 9.76. The minimum absolute atomic E-state index is 0.200. The number of alkyl halides is 1. The van der Waals surface area contributed by atoms with Crippen LogP contribution >= 0.6 is 11.6 Å². The number of rotatable bonds is 8. The molecule has 4 N–H and O–H groups in total. The van der Waals surface area contributed by atoms with Gasteiger partial charge in [-0.25, -0.2) is 13.1 Å². The van der Waals surface area contributed by atoms with Crippen LogP contribution in [0.5, 0.6) is 0 Å². The van der Waals surface area contributed by atoms with Gasteiger partial charge < -0.3 is 15.3 Å². The van der Waals surface area contributed by atoms with Crippen LogP contribution < -0.4 is 4.72 Å². The lowest BCUT2D eigenvalue weighted by Gasteiger charge is -2.28. The number of hydrogen-bond acceptors (Lipinski definition) is 5. The molecular formula is C7H16ClNO5S. The van der Waals surface area contributed by atoms with E-state index in [2.05, 4.69) is 4.72 Å². The molecule has 0 aliphatic heterocycles. The first-order valence-corrected chi connectivity index (χ1v) is 6.54. The molecule has 0 aliphatic rings. The van der Waals surface area contributed by atoms with Crippen LogP contribution in [0, 0.1) is 0 Å². The third kappa shape index (κ3) is 5.10. The van der Waals surface area contributed by atoms with Crippen molar-refractivity contribution in [3.05, 3.63) is 0 Å². The number of aliphatic hydroxyl groups excluding tert-OH is 3. The lowest BCUT2D eigenvalue weighted by Crippen LogP contribution is -2.57. The van der Waals surface area contributed by atoms with E-state index < -0.39 is 35.4 Å². The maximum Gasteiger partial charge on any atom is 0.212 e. The van der Waals surface area contributed by atoms with E-state index in [0.29, 0.717) is 0 Å². The van der Waals surface area contributed by atoms with Crippen LogP contribution in [0.1, 0.15) is 6.42 Å². The molecule has 0 aromatic rings. The summed E-state index contributed by atoms with van der Waals surface area (Å²) < 4.78 is 24.8. The van der Waals surface area contributed by atoms with E-state index in [-0.39, 0.29) is 18.1 Å². The van der Waals surface area contributed by atoms with Crippen LogP contribution in [0.3, 0.4) is 0 Å². The molecule has 0 aliphatic carbocycles. The van der Waals surface area contributed by atoms with Gasteiger partial charge in [0.1, 0.15) is 5.54 Å². The Kier molecular flexibility index (Phi) is 6.65. The Morgan fingerprint density at radius 1 is 1.13 bits per heavy atom. The van der Waals surface area contributed by atoms with E-state index in [1.54, 1.807) is 0 Å². The molecule has 0 heterocycles. The summed E-state index contributed by atoms with van der Waals surface area (Å²) in [7, 11) is -3.65. The van der Waals surface area contributed by atoms with Crippen LogP contribution in [-0.2, 0) is 10.0 Å². The molecule has 0 saturated heterocycles. The summed E-state index contributed by atoms with van der Waals surface area (Å²) in [6.07, 6.45) is 0.259. The molecule has 0 saturated carbocycles. The van der Waals surface area contributed by atoms with Crippen molar-refractivity contribution >= 4 is 21.6 Å². The third-order valence-corrected chi connectivity index (χ3v) is 3.66. The Bertz CT molecular complexity index is 256. The molecule has 0 unspecified atom stereocenters. The van der Waals surface area contributed by atoms with Gasteiger partial charge in [-0.05, 0) is 6.42 Å². The maximum absolute atomic E-state index is 11.4. The van der Waals surface area contributed by atoms with Gasteiger partial charge in [0.15, 0.2) is 0 Å². The second kappa shape index (κ2) is 6.62. The molecule has 0 bridgehead atoms. The fraction of sp³-hybridized carbons (Fsp3) is 1.00. The predicted molar refractivity (Wildman–Crippen MR) is 56.2 cm³/mol. The van der Waals surface area contributed by atoms with E-state index >= 15 is 0 Å². The Morgan fingerprint density at radius 3 is 1.93 bits per heavy atom. The summed E-state index contributed by atoms with van der Waals surface area (Å²) in [4.78, 5) is 0. The minimum atomic E-state index is -3.65. The van der Waals surface area contributed by atoms with Crippen molar-refractivity contribution in [2.24, 2.45) is 0 Å². The molecule has 15 heavy (non-hydrogen) atoms. The minimum Gasteiger partial charge on any atom is -0.394 e. The van der Waals surface area contributed by atoms with Crippen LogP contribution in [-0.4, -0.2) is 60.7 Å². The molecule has 0 aromatic heterocycles. The van der Waals surface area contributed by atoms with E-state index in [0.717, 1.165) is 0 Å². The van der Waals surface area contributed by atoms with Crippen LogP contribution in [0.4, 0.5) is 0 Å². The van der Waals surface area contributed by atoms with Crippen LogP contribution in [0.15, 0.2) is 0 Å². The molecule has 0 spiro atoms. The highest BCUT2D eigenvalue weighted by atomic mass is 35.5. The molecule has 8 heteroatoms. The van der Waals surface area contributed by atoms with Crippen molar-refractivity contribution in [2.45, 2.75) is 12.0 Å². The first-order chi connectivity index (χ1) is 6.95. The quantitative estimate of drug-likeness (QED) is 0.388. The van der Waals surface area contributed by atoms with Gasteiger partial charge in [0.2, 0.25) is 10.0 Å². The smallest absolute Gasteiger partial charge is 0.212 e. The largest absolute Gasteiger partial charge is 0.394 e. The summed E-state index contributed by atoms with van der Waals surface area (Å²) in [6.45, 7) is -2.04. The zero-order valence-electron chi connectivity index (χ0n) is 8.19. The lowest BCUT2D eigenvalue weighted by molar-refractivity contribution is 0.0582. The van der Waals surface area contributed by atoms with Crippen LogP contribution in [0.25, 0.3) is 0 Å². The average molecular weight is 262 g/mol. The molecule has 0 fully saturated rings. The highest BCUT2D eigenvalue weighted by Crippen LogP contribution is 2.05. The number of sulfonamides is 1. The van der Waals surface area contributed by atoms with E-state index in [1.165, 1.54) is 0 Å². The summed E-state index contributed by atoms with van der Waals surface area (Å²) in [6, 6.07) is 0. The molecule has 92 valence electrons. The standard InChI is InChI=1S/C7H16ClNO5S/c8-2-1-3-15(13,14)9-7(4-10,5-11)6-12/h9-12H,1-6H2. The third-order valence-electron chi connectivity index (χ3n) is 1.83. The SMILES string of the molecule is O=S(=O)(CCCCl)NC(CO)(CO)CO. The second-order valence-corrected chi connectivity index (χ2v) is 5.44. The van der Waals surface area contributed by atoms with E-state index in [1.807, 2.05) is 0 Å². The van der Waals surface area contributed by atoms with Gasteiger partial charge in [-0.3, -0.25) is 0 Å². The molecular weight excluding hydrogens is 246 g/mol. The van der Waals surface area contributed by atoms with Crippen LogP contribution in [0.2, 0.25) is 0 Å². The first-order valence-electron chi connectivity index (χ1n) is 4.35. The van der Waals surface area contributed by atoms with Crippen molar-refractivity contribution < 1.29 is 23.7 Å². The summed E-state index contributed by atoms with van der Waals surface area (Å²) >= 11 is 5.34. The summed E-state index contributed by atoms with van der Waals surface area (Å²) in [5, 5.41) is 26.7. The molecule has 0 radical (unpaired) electrons. The summed E-state index contributed by atoms with van der Waals surface area (Å²) in [5.41, 5.74) is -1.61. The zero-order chi connectivity index (χ0) is 11.9. The lowest BCUT2D eigenvalue weighted by atomic mass is 10.1. The van der Waals surface area contributed by atoms with Crippen molar-refractivity contribution in [2.75, 3.05) is 31.5 Å². The van der Waals surface area contributed by atoms with Gasteiger partial charge in [0.05, 0.1) is 25.6 Å². The van der Waals surface area contributed by atoms with Gasteiger partial charge in [-0.15, -0.1) is 11.6 Å². The van der Waals surface area contributed by atoms with E-state index in [4.69, 9.17) is 26.9 Å². The van der Waals surface area contributed by atoms with Crippen molar-refractivity contribution in [1.29, 1.82) is 0 Å². The van der Waals surface area contributed by atoms with Crippen molar-refractivity contribution in [1.82, 2.24) is 4.72 Å². The highest BCUT2D eigenvalue weighted by molar-refractivity contribution is 7.89. The highest BCUT2D eigenvalue weighted by Gasteiger charge is 2.32. The number of halogens is 1. The number of hydrogen-bond donors (Lipinski definition) is 4. The fourth-order valence-corrected chi connectivity index (χ4v) is 2.64. The van der Waals surface area contributed by atoms with Crippen molar-refractivity contribution in [3.8, 4) is 0 Å². The fourth-order valence-electron chi connectivity index (χ4n) is 0.872. The van der Waals surface area contributed by atoms with Gasteiger partial charge >= 0.3 is 0 Å². The molecule has 0 atom stereocenters. The normalized spacial score (nSPS) is 13.1. The molecule has 0 rings (SSSR count). The monoisotopic (exact) mass is 261 g/mol.